The van der Waals surface area contributed by atoms with Gasteiger partial charge in [-0.15, -0.1) is 0 Å². The van der Waals surface area contributed by atoms with Gasteiger partial charge in [-0.3, -0.25) is 14.5 Å². The fourth-order valence-corrected chi connectivity index (χ4v) is 6.77. The summed E-state index contributed by atoms with van der Waals surface area (Å²) in [6.07, 6.45) is 0.00703. The minimum atomic E-state index is -0.987. The summed E-state index contributed by atoms with van der Waals surface area (Å²) in [6, 6.07) is 31.3. The molecule has 2 fully saturated rings. The van der Waals surface area contributed by atoms with Crippen LogP contribution in [-0.4, -0.2) is 49.6 Å². The lowest BCUT2D eigenvalue weighted by molar-refractivity contribution is -0.252. The second-order valence-corrected chi connectivity index (χ2v) is 13.6. The minimum Gasteiger partial charge on any atom is -0.445 e. The molecule has 2 saturated heterocycles. The van der Waals surface area contributed by atoms with E-state index >= 15 is 0 Å². The van der Waals surface area contributed by atoms with E-state index in [1.807, 2.05) is 103 Å². The molecule has 13 heteroatoms. The van der Waals surface area contributed by atoms with Crippen LogP contribution in [0, 0.1) is 0 Å². The summed E-state index contributed by atoms with van der Waals surface area (Å²) < 4.78 is 19.9. The smallest absolute Gasteiger partial charge is 0.408 e. The zero-order valence-electron chi connectivity index (χ0n) is 28.4. The van der Waals surface area contributed by atoms with Gasteiger partial charge in [-0.05, 0) is 39.4 Å². The van der Waals surface area contributed by atoms with Crippen LogP contribution in [0.15, 0.2) is 109 Å². The summed E-state index contributed by atoms with van der Waals surface area (Å²) in [5.74, 6) is -0.849. The van der Waals surface area contributed by atoms with Crippen molar-refractivity contribution >= 4 is 41.1 Å². The number of halogens is 2. The second-order valence-electron chi connectivity index (χ2n) is 12.9. The Morgan fingerprint density at radius 3 is 2.32 bits per heavy atom. The SMILES string of the molecule is O=C(NC1CC(=O)N(Cc2cccc(-c3ccc([C@H]4O[C@@H](Cn5cnc(Cl)c5Cl)C[C@@H](c5ccc(CO)cc5)O4)cc3)c2)C1=O)OCc1ccccc1. The molecule has 2 aliphatic rings. The Morgan fingerprint density at radius 1 is 0.868 bits per heavy atom. The maximum Gasteiger partial charge on any atom is 0.408 e. The molecule has 0 aliphatic carbocycles. The van der Waals surface area contributed by atoms with E-state index in [4.69, 9.17) is 37.4 Å². The van der Waals surface area contributed by atoms with Crippen LogP contribution in [-0.2, 0) is 50.1 Å². The van der Waals surface area contributed by atoms with Gasteiger partial charge in [0, 0.05) is 12.0 Å². The summed E-state index contributed by atoms with van der Waals surface area (Å²) in [7, 11) is 0. The maximum atomic E-state index is 13.1. The van der Waals surface area contributed by atoms with Crippen LogP contribution in [0.1, 0.15) is 53.1 Å². The number of carbonyl (C=O) groups excluding carboxylic acids is 3. The van der Waals surface area contributed by atoms with Crippen molar-refractivity contribution in [2.75, 3.05) is 0 Å². The average molecular weight is 756 g/mol. The molecule has 4 atom stereocenters. The zero-order chi connectivity index (χ0) is 36.9. The van der Waals surface area contributed by atoms with Gasteiger partial charge in [0.2, 0.25) is 5.91 Å². The fourth-order valence-electron chi connectivity index (χ4n) is 6.46. The number of amides is 3. The molecule has 0 radical (unpaired) electrons. The van der Waals surface area contributed by atoms with E-state index in [-0.39, 0.29) is 49.4 Å². The lowest BCUT2D eigenvalue weighted by Gasteiger charge is -2.36. The highest BCUT2D eigenvalue weighted by Gasteiger charge is 2.40. The summed E-state index contributed by atoms with van der Waals surface area (Å²) in [5.41, 5.74) is 5.97. The summed E-state index contributed by atoms with van der Waals surface area (Å²) in [6.45, 7) is 0.499. The molecule has 3 heterocycles. The van der Waals surface area contributed by atoms with Crippen LogP contribution in [0.3, 0.4) is 0 Å². The number of likely N-dealkylation sites (tertiary alicyclic amines) is 1. The van der Waals surface area contributed by atoms with E-state index in [1.165, 1.54) is 0 Å². The number of ether oxygens (including phenoxy) is 3. The quantitative estimate of drug-likeness (QED) is 0.136. The Labute approximate surface area is 316 Å². The van der Waals surface area contributed by atoms with E-state index in [1.54, 1.807) is 10.9 Å². The number of carbonyl (C=O) groups is 3. The van der Waals surface area contributed by atoms with Crippen molar-refractivity contribution in [3.63, 3.8) is 0 Å². The highest BCUT2D eigenvalue weighted by molar-refractivity contribution is 6.40. The molecule has 7 rings (SSSR count). The summed E-state index contributed by atoms with van der Waals surface area (Å²) in [5, 5.41) is 12.6. The predicted molar refractivity (Wildman–Crippen MR) is 196 cm³/mol. The molecule has 5 aromatic rings. The molecule has 2 aliphatic heterocycles. The number of nitrogens with one attached hydrogen (secondary N) is 1. The number of imide groups is 1. The molecular weight excluding hydrogens is 719 g/mol. The molecule has 4 aromatic carbocycles. The van der Waals surface area contributed by atoms with Crippen LogP contribution < -0.4 is 5.32 Å². The number of nitrogens with zero attached hydrogens (tertiary/aromatic N) is 3. The third kappa shape index (κ3) is 8.62. The standard InChI is InChI=1S/C40H36Cl2N4O7/c41-36-37(42)45(24-43-36)21-32-18-34(29-11-9-25(22-47)10-12-29)53-39(52-32)30-15-13-28(14-16-30)31-8-4-7-27(17-31)20-46-35(48)19-33(38(46)49)44-40(50)51-23-26-5-2-1-3-6-26/h1-17,24,32-34,39,47H,18-23H2,(H,44,50)/t32-,33?,34+,39+/m1/s1. The minimum absolute atomic E-state index is 0.0460. The van der Waals surface area contributed by atoms with Crippen molar-refractivity contribution in [2.45, 2.75) is 63.7 Å². The maximum absolute atomic E-state index is 13.1. The first-order valence-corrected chi connectivity index (χ1v) is 17.9. The fraction of sp³-hybridized carbons (Fsp3) is 0.250. The van der Waals surface area contributed by atoms with E-state index in [0.29, 0.717) is 18.1 Å². The van der Waals surface area contributed by atoms with Gasteiger partial charge in [-0.25, -0.2) is 9.78 Å². The molecule has 53 heavy (non-hydrogen) atoms. The van der Waals surface area contributed by atoms with Gasteiger partial charge >= 0.3 is 6.09 Å². The molecule has 3 amide bonds. The molecular formula is C40H36Cl2N4O7. The number of aliphatic hydroxyl groups is 1. The van der Waals surface area contributed by atoms with Crippen LogP contribution in [0.2, 0.25) is 10.3 Å². The van der Waals surface area contributed by atoms with Crippen molar-refractivity contribution in [1.82, 2.24) is 19.8 Å². The Morgan fingerprint density at radius 2 is 1.60 bits per heavy atom. The van der Waals surface area contributed by atoms with Crippen molar-refractivity contribution in [3.05, 3.63) is 148 Å². The zero-order valence-corrected chi connectivity index (χ0v) is 30.0. The average Bonchev–Trinajstić information content (AvgIpc) is 3.64. The van der Waals surface area contributed by atoms with Crippen molar-refractivity contribution in [1.29, 1.82) is 0 Å². The number of alkyl carbamates (subject to hydrolysis) is 1. The highest BCUT2D eigenvalue weighted by Crippen LogP contribution is 2.39. The van der Waals surface area contributed by atoms with Gasteiger partial charge in [0.25, 0.3) is 5.91 Å². The third-order valence-corrected chi connectivity index (χ3v) is 10.1. The van der Waals surface area contributed by atoms with Gasteiger partial charge < -0.3 is 29.2 Å². The Hall–Kier alpha value is -5.04. The van der Waals surface area contributed by atoms with Gasteiger partial charge in [0.1, 0.15) is 17.8 Å². The van der Waals surface area contributed by atoms with E-state index in [9.17, 15) is 19.5 Å². The van der Waals surface area contributed by atoms with E-state index < -0.39 is 24.3 Å². The number of rotatable bonds is 11. The van der Waals surface area contributed by atoms with Crippen LogP contribution in [0.5, 0.6) is 0 Å². The number of benzene rings is 4. The number of aliphatic hydroxyl groups excluding tert-OH is 1. The summed E-state index contributed by atoms with van der Waals surface area (Å²) >= 11 is 12.5. The van der Waals surface area contributed by atoms with Gasteiger partial charge in [-0.2, -0.15) is 0 Å². The number of imidazole rings is 1. The van der Waals surface area contributed by atoms with Crippen molar-refractivity contribution < 1.29 is 33.7 Å². The first-order valence-electron chi connectivity index (χ1n) is 17.1. The Balaban J connectivity index is 1.01. The predicted octanol–water partition coefficient (Wildman–Crippen LogP) is 7.15. The number of hydrogen-bond donors (Lipinski definition) is 2. The van der Waals surface area contributed by atoms with Crippen molar-refractivity contribution in [3.8, 4) is 11.1 Å². The van der Waals surface area contributed by atoms with E-state index in [0.717, 1.165) is 43.8 Å². The van der Waals surface area contributed by atoms with E-state index in [2.05, 4.69) is 10.3 Å². The third-order valence-electron chi connectivity index (χ3n) is 9.28. The first kappa shape index (κ1) is 36.3. The Kier molecular flexibility index (Phi) is 11.2. The monoisotopic (exact) mass is 754 g/mol. The molecule has 11 nitrogen and oxygen atoms in total. The highest BCUT2D eigenvalue weighted by atomic mass is 35.5. The molecule has 1 aromatic heterocycles. The lowest BCUT2D eigenvalue weighted by atomic mass is 9.99. The second kappa shape index (κ2) is 16.3. The molecule has 0 spiro atoms. The topological polar surface area (TPSA) is 132 Å². The normalized spacial score (nSPS) is 20.1. The van der Waals surface area contributed by atoms with Gasteiger partial charge in [0.05, 0.1) is 44.7 Å². The number of aromatic nitrogens is 2. The number of hydrogen-bond acceptors (Lipinski definition) is 8. The first-order chi connectivity index (χ1) is 25.7. The summed E-state index contributed by atoms with van der Waals surface area (Å²) in [4.78, 5) is 43.6. The molecule has 2 N–H and O–H groups in total. The largest absolute Gasteiger partial charge is 0.445 e. The van der Waals surface area contributed by atoms with Crippen LogP contribution in [0.25, 0.3) is 11.1 Å². The van der Waals surface area contributed by atoms with Crippen molar-refractivity contribution in [2.24, 2.45) is 0 Å². The molecule has 0 bridgehead atoms. The van der Waals surface area contributed by atoms with Crippen LogP contribution in [0.4, 0.5) is 4.79 Å². The molecule has 272 valence electrons. The van der Waals surface area contributed by atoms with Crippen LogP contribution >= 0.6 is 23.2 Å². The Bertz CT molecular complexity index is 2080. The van der Waals surface area contributed by atoms with Gasteiger partial charge in [-0.1, -0.05) is 120 Å². The lowest BCUT2D eigenvalue weighted by Crippen LogP contribution is -2.41. The van der Waals surface area contributed by atoms with Gasteiger partial charge in [0.15, 0.2) is 11.4 Å². The molecule has 0 saturated carbocycles. The molecule has 1 unspecified atom stereocenters.